The van der Waals surface area contributed by atoms with Crippen molar-refractivity contribution in [1.82, 2.24) is 20.3 Å². The minimum absolute atomic E-state index is 0.789. The number of nitrogens with zero attached hydrogens (tertiary/aromatic N) is 4. The van der Waals surface area contributed by atoms with Gasteiger partial charge in [0, 0.05) is 68.5 Å². The molecule has 4 N–H and O–H groups in total. The molecule has 0 unspecified atom stereocenters. The fourth-order valence-corrected chi connectivity index (χ4v) is 4.19. The molecule has 150 valence electrons. The predicted molar refractivity (Wildman–Crippen MR) is 118 cm³/mol. The molecule has 5 rings (SSSR count). The smallest absolute Gasteiger partial charge is 0.130 e. The van der Waals surface area contributed by atoms with Gasteiger partial charge in [0.2, 0.25) is 0 Å². The number of anilines is 3. The molecule has 0 saturated carbocycles. The van der Waals surface area contributed by atoms with Crippen LogP contribution < -0.4 is 20.9 Å². The van der Waals surface area contributed by atoms with Crippen LogP contribution in [-0.2, 0) is 0 Å². The topological polar surface area (TPSA) is 86.1 Å². The number of nitrogen functional groups attached to an aromatic ring is 1. The number of rotatable bonds is 4. The minimum atomic E-state index is 0.789. The van der Waals surface area contributed by atoms with Gasteiger partial charge in [-0.2, -0.15) is 0 Å². The van der Waals surface area contributed by atoms with Crippen molar-refractivity contribution in [2.45, 2.75) is 12.8 Å². The molecule has 2 aliphatic heterocycles. The molecular weight excluding hydrogens is 362 g/mol. The van der Waals surface area contributed by atoms with E-state index in [1.165, 1.54) is 12.8 Å². The van der Waals surface area contributed by atoms with Gasteiger partial charge in [-0.3, -0.25) is 4.98 Å². The van der Waals surface area contributed by atoms with Gasteiger partial charge in [-0.15, -0.1) is 0 Å². The Hall–Kier alpha value is -3.06. The molecule has 29 heavy (non-hydrogen) atoms. The summed E-state index contributed by atoms with van der Waals surface area (Å²) in [5, 5.41) is 3.38. The highest BCUT2D eigenvalue weighted by Gasteiger charge is 2.17. The van der Waals surface area contributed by atoms with E-state index in [1.54, 1.807) is 0 Å². The molecule has 7 nitrogen and oxygen atoms in total. The first-order chi connectivity index (χ1) is 14.3. The third kappa shape index (κ3) is 3.65. The molecule has 0 bridgehead atoms. The summed E-state index contributed by atoms with van der Waals surface area (Å²) in [7, 11) is 0. The second-order valence-electron chi connectivity index (χ2n) is 7.75. The van der Waals surface area contributed by atoms with Crippen LogP contribution in [0.1, 0.15) is 12.8 Å². The maximum absolute atomic E-state index is 6.31. The van der Waals surface area contributed by atoms with Crippen LogP contribution in [0.15, 0.2) is 42.7 Å². The molecule has 0 radical (unpaired) electrons. The Kier molecular flexibility index (Phi) is 4.81. The van der Waals surface area contributed by atoms with Gasteiger partial charge in [0.15, 0.2) is 0 Å². The summed E-state index contributed by atoms with van der Waals surface area (Å²) in [4.78, 5) is 17.4. The van der Waals surface area contributed by atoms with Gasteiger partial charge in [-0.25, -0.2) is 4.98 Å². The molecule has 2 saturated heterocycles. The van der Waals surface area contributed by atoms with E-state index in [-0.39, 0.29) is 0 Å². The van der Waals surface area contributed by atoms with Crippen molar-refractivity contribution in [3.05, 3.63) is 42.7 Å². The highest BCUT2D eigenvalue weighted by Crippen LogP contribution is 2.31. The van der Waals surface area contributed by atoms with Crippen molar-refractivity contribution in [1.29, 1.82) is 0 Å². The van der Waals surface area contributed by atoms with Crippen LogP contribution in [0.5, 0.6) is 0 Å². The van der Waals surface area contributed by atoms with Crippen molar-refractivity contribution >= 4 is 17.3 Å². The van der Waals surface area contributed by atoms with Crippen LogP contribution in [0.2, 0.25) is 0 Å². The lowest BCUT2D eigenvalue weighted by Crippen LogP contribution is -2.43. The monoisotopic (exact) mass is 389 g/mol. The number of aromatic amines is 1. The first-order valence-electron chi connectivity index (χ1n) is 10.4. The highest BCUT2D eigenvalue weighted by atomic mass is 15.2. The molecular formula is C22H27N7. The molecule has 0 spiro atoms. The lowest BCUT2D eigenvalue weighted by molar-refractivity contribution is 0.586. The predicted octanol–water partition coefficient (Wildman–Crippen LogP) is 2.73. The van der Waals surface area contributed by atoms with Crippen LogP contribution in [0, 0.1) is 0 Å². The van der Waals surface area contributed by atoms with Gasteiger partial charge in [0.05, 0.1) is 11.4 Å². The SMILES string of the molecule is Nc1cc(-c2ccnc(-c3ccc(N4CCCC4)nc3)c2)[nH]c1N1CCNCC1. The summed E-state index contributed by atoms with van der Waals surface area (Å²) in [6.45, 7) is 6.08. The lowest BCUT2D eigenvalue weighted by Gasteiger charge is -2.28. The number of aromatic nitrogens is 3. The number of hydrogen-bond acceptors (Lipinski definition) is 6. The Balaban J connectivity index is 1.40. The van der Waals surface area contributed by atoms with Crippen LogP contribution in [0.3, 0.4) is 0 Å². The van der Waals surface area contributed by atoms with Gasteiger partial charge < -0.3 is 25.8 Å². The molecule has 2 fully saturated rings. The van der Waals surface area contributed by atoms with E-state index in [0.717, 1.165) is 79.1 Å². The van der Waals surface area contributed by atoms with Crippen LogP contribution in [-0.4, -0.2) is 54.2 Å². The van der Waals surface area contributed by atoms with Crippen molar-refractivity contribution in [2.24, 2.45) is 0 Å². The van der Waals surface area contributed by atoms with E-state index in [0.29, 0.717) is 0 Å². The van der Waals surface area contributed by atoms with E-state index in [4.69, 9.17) is 5.73 Å². The standard InChI is InChI=1S/C22H27N7/c23-18-14-20(27-22(18)29-11-7-24-8-12-29)16-5-6-25-19(13-16)17-3-4-21(26-15-17)28-9-1-2-10-28/h3-6,13-15,24,27H,1-2,7-12,23H2. The van der Waals surface area contributed by atoms with Gasteiger partial charge in [-0.1, -0.05) is 0 Å². The van der Waals surface area contributed by atoms with E-state index in [1.807, 2.05) is 24.5 Å². The first kappa shape index (κ1) is 18.0. The van der Waals surface area contributed by atoms with Gasteiger partial charge in [0.1, 0.15) is 11.6 Å². The summed E-state index contributed by atoms with van der Waals surface area (Å²) in [5.41, 5.74) is 11.1. The summed E-state index contributed by atoms with van der Waals surface area (Å²) in [5.74, 6) is 2.07. The number of piperazine rings is 1. The minimum Gasteiger partial charge on any atom is -0.396 e. The third-order valence-corrected chi connectivity index (χ3v) is 5.80. The number of nitrogens with one attached hydrogen (secondary N) is 2. The summed E-state index contributed by atoms with van der Waals surface area (Å²) in [6, 6.07) is 10.3. The Morgan fingerprint density at radius 2 is 1.69 bits per heavy atom. The Morgan fingerprint density at radius 3 is 2.45 bits per heavy atom. The summed E-state index contributed by atoms with van der Waals surface area (Å²) in [6.07, 6.45) is 6.28. The number of nitrogens with two attached hydrogens (primary N) is 1. The first-order valence-corrected chi connectivity index (χ1v) is 10.4. The van der Waals surface area contributed by atoms with E-state index in [2.05, 4.69) is 48.3 Å². The van der Waals surface area contributed by atoms with Crippen LogP contribution in [0.4, 0.5) is 17.3 Å². The molecule has 7 heteroatoms. The zero-order chi connectivity index (χ0) is 19.6. The maximum Gasteiger partial charge on any atom is 0.130 e. The van der Waals surface area contributed by atoms with E-state index < -0.39 is 0 Å². The normalized spacial score (nSPS) is 17.1. The number of hydrogen-bond donors (Lipinski definition) is 3. The quantitative estimate of drug-likeness (QED) is 0.636. The molecule has 0 aromatic carbocycles. The average molecular weight is 390 g/mol. The van der Waals surface area contributed by atoms with Crippen molar-refractivity contribution in [3.63, 3.8) is 0 Å². The lowest BCUT2D eigenvalue weighted by atomic mass is 10.1. The fraction of sp³-hybridized carbons (Fsp3) is 0.364. The molecule has 3 aromatic heterocycles. The molecule has 2 aliphatic rings. The summed E-state index contributed by atoms with van der Waals surface area (Å²) >= 11 is 0. The third-order valence-electron chi connectivity index (χ3n) is 5.80. The molecule has 0 aliphatic carbocycles. The van der Waals surface area contributed by atoms with Crippen LogP contribution >= 0.6 is 0 Å². The van der Waals surface area contributed by atoms with E-state index >= 15 is 0 Å². The maximum atomic E-state index is 6.31. The molecule has 0 atom stereocenters. The fourth-order valence-electron chi connectivity index (χ4n) is 4.19. The highest BCUT2D eigenvalue weighted by molar-refractivity contribution is 5.77. The second kappa shape index (κ2) is 7.75. The van der Waals surface area contributed by atoms with Gasteiger partial charge in [-0.05, 0) is 43.2 Å². The summed E-state index contributed by atoms with van der Waals surface area (Å²) < 4.78 is 0. The van der Waals surface area contributed by atoms with Crippen LogP contribution in [0.25, 0.3) is 22.5 Å². The number of H-pyrrole nitrogens is 1. The molecule has 0 amide bonds. The van der Waals surface area contributed by atoms with Crippen molar-refractivity contribution < 1.29 is 0 Å². The second-order valence-corrected chi connectivity index (χ2v) is 7.75. The average Bonchev–Trinajstić information content (AvgIpc) is 3.45. The zero-order valence-corrected chi connectivity index (χ0v) is 16.6. The van der Waals surface area contributed by atoms with Crippen molar-refractivity contribution in [2.75, 3.05) is 54.8 Å². The molecule has 5 heterocycles. The largest absolute Gasteiger partial charge is 0.396 e. The van der Waals surface area contributed by atoms with Gasteiger partial charge >= 0.3 is 0 Å². The van der Waals surface area contributed by atoms with E-state index in [9.17, 15) is 0 Å². The Bertz CT molecular complexity index is 967. The number of pyridine rings is 2. The Labute approximate surface area is 171 Å². The zero-order valence-electron chi connectivity index (χ0n) is 16.6. The molecule has 3 aromatic rings. The van der Waals surface area contributed by atoms with Crippen molar-refractivity contribution in [3.8, 4) is 22.5 Å². The van der Waals surface area contributed by atoms with Gasteiger partial charge in [0.25, 0.3) is 0 Å². The Morgan fingerprint density at radius 1 is 0.862 bits per heavy atom.